The minimum atomic E-state index is -0.425. The van der Waals surface area contributed by atoms with Gasteiger partial charge in [0.2, 0.25) is 0 Å². The maximum atomic E-state index is 13.1. The van der Waals surface area contributed by atoms with Crippen molar-refractivity contribution in [2.75, 3.05) is 20.2 Å². The Morgan fingerprint density at radius 1 is 0.559 bits per heavy atom. The van der Waals surface area contributed by atoms with Gasteiger partial charge in [-0.15, -0.1) is 0 Å². The molecule has 0 saturated carbocycles. The van der Waals surface area contributed by atoms with E-state index in [0.29, 0.717) is 33.0 Å². The van der Waals surface area contributed by atoms with Gasteiger partial charge in [0.15, 0.2) is 0 Å². The van der Waals surface area contributed by atoms with Crippen molar-refractivity contribution in [2.24, 2.45) is 0 Å². The van der Waals surface area contributed by atoms with Gasteiger partial charge in [-0.25, -0.2) is 0 Å². The molecule has 0 saturated heterocycles. The minimum absolute atomic E-state index is 0.0632. The van der Waals surface area contributed by atoms with Crippen molar-refractivity contribution >= 4 is 66.7 Å². The lowest BCUT2D eigenvalue weighted by molar-refractivity contribution is 0.0577. The standard InChI is InChI=1S/C27H16N2O5/c1-28-24(31)16-6-2-12-14-4-8-18-23-19(27(34)29(10-11-30)26(18)33)9-5-15(21(14)23)13-3-7-17(25(28)32)22(16)20(12)13/h2-9,30H,10-11H2,1H3. The summed E-state index contributed by atoms with van der Waals surface area (Å²) in [6.45, 7) is -0.370. The van der Waals surface area contributed by atoms with Crippen LogP contribution in [0, 0.1) is 0 Å². The first-order valence-electron chi connectivity index (χ1n) is 10.9. The molecule has 0 aliphatic carbocycles. The van der Waals surface area contributed by atoms with Gasteiger partial charge in [0, 0.05) is 40.1 Å². The molecule has 7 nitrogen and oxygen atoms in total. The van der Waals surface area contributed by atoms with Crippen LogP contribution >= 0.6 is 0 Å². The number of amides is 4. The molecule has 0 unspecified atom stereocenters. The van der Waals surface area contributed by atoms with Crippen LogP contribution in [0.3, 0.4) is 0 Å². The van der Waals surface area contributed by atoms with E-state index in [2.05, 4.69) is 0 Å². The summed E-state index contributed by atoms with van der Waals surface area (Å²) in [4.78, 5) is 54.2. The van der Waals surface area contributed by atoms with Crippen molar-refractivity contribution in [3.05, 3.63) is 70.8 Å². The van der Waals surface area contributed by atoms with Gasteiger partial charge >= 0.3 is 0 Å². The van der Waals surface area contributed by atoms with Crippen LogP contribution in [0.5, 0.6) is 0 Å². The highest BCUT2D eigenvalue weighted by Gasteiger charge is 2.35. The highest BCUT2D eigenvalue weighted by molar-refractivity contribution is 6.41. The molecular weight excluding hydrogens is 432 g/mol. The summed E-state index contributed by atoms with van der Waals surface area (Å²) in [5.74, 6) is -1.52. The fourth-order valence-corrected chi connectivity index (χ4v) is 5.74. The Labute approximate surface area is 192 Å². The molecule has 0 radical (unpaired) electrons. The number of carbonyl (C=O) groups excluding carboxylic acids is 4. The van der Waals surface area contributed by atoms with Gasteiger partial charge < -0.3 is 5.11 Å². The van der Waals surface area contributed by atoms with Crippen molar-refractivity contribution in [3.63, 3.8) is 0 Å². The predicted octanol–water partition coefficient (Wildman–Crippen LogP) is 3.55. The number of aliphatic hydroxyl groups is 1. The molecule has 2 heterocycles. The largest absolute Gasteiger partial charge is 0.395 e. The highest BCUT2D eigenvalue weighted by Crippen LogP contribution is 2.46. The smallest absolute Gasteiger partial charge is 0.261 e. The zero-order valence-corrected chi connectivity index (χ0v) is 18.0. The number of aliphatic hydroxyl groups excluding tert-OH is 1. The molecule has 0 aromatic heterocycles. The normalized spacial score (nSPS) is 15.7. The molecule has 0 atom stereocenters. The Morgan fingerprint density at radius 3 is 1.26 bits per heavy atom. The van der Waals surface area contributed by atoms with E-state index in [0.717, 1.165) is 42.1 Å². The van der Waals surface area contributed by atoms with Crippen LogP contribution in [0.4, 0.5) is 0 Å². The van der Waals surface area contributed by atoms with E-state index < -0.39 is 11.8 Å². The van der Waals surface area contributed by atoms with Gasteiger partial charge in [-0.3, -0.25) is 29.0 Å². The van der Waals surface area contributed by atoms with Gasteiger partial charge in [0.25, 0.3) is 23.6 Å². The Kier molecular flexibility index (Phi) is 3.46. The topological polar surface area (TPSA) is 95.0 Å². The van der Waals surface area contributed by atoms with Crippen LogP contribution in [0.25, 0.3) is 43.1 Å². The molecule has 7 rings (SSSR count). The van der Waals surface area contributed by atoms with Crippen LogP contribution < -0.4 is 0 Å². The van der Waals surface area contributed by atoms with E-state index in [4.69, 9.17) is 0 Å². The van der Waals surface area contributed by atoms with Gasteiger partial charge in [0.1, 0.15) is 0 Å². The maximum absolute atomic E-state index is 13.1. The molecule has 5 aromatic rings. The second-order valence-electron chi connectivity index (χ2n) is 8.80. The lowest BCUT2D eigenvalue weighted by Crippen LogP contribution is -2.41. The van der Waals surface area contributed by atoms with Crippen molar-refractivity contribution in [2.45, 2.75) is 0 Å². The molecular formula is C27H16N2O5. The van der Waals surface area contributed by atoms with E-state index in [1.807, 2.05) is 24.3 Å². The second kappa shape index (κ2) is 6.15. The number of imide groups is 2. The molecule has 0 fully saturated rings. The number of fused-ring (bicyclic) bond motifs is 2. The lowest BCUT2D eigenvalue weighted by Gasteiger charge is -2.29. The van der Waals surface area contributed by atoms with E-state index in [1.165, 1.54) is 7.05 Å². The Bertz CT molecular complexity index is 1700. The Hall–Kier alpha value is -4.36. The van der Waals surface area contributed by atoms with Gasteiger partial charge in [0.05, 0.1) is 13.2 Å². The van der Waals surface area contributed by atoms with Crippen LogP contribution in [0.15, 0.2) is 48.5 Å². The molecule has 2 aliphatic heterocycles. The van der Waals surface area contributed by atoms with E-state index in [9.17, 15) is 24.3 Å². The zero-order valence-electron chi connectivity index (χ0n) is 18.0. The molecule has 2 aliphatic rings. The number of hydrogen-bond acceptors (Lipinski definition) is 5. The molecule has 164 valence electrons. The third-order valence-electron chi connectivity index (χ3n) is 7.25. The predicted molar refractivity (Wildman–Crippen MR) is 127 cm³/mol. The van der Waals surface area contributed by atoms with Crippen LogP contribution in [-0.2, 0) is 0 Å². The van der Waals surface area contributed by atoms with E-state index in [-0.39, 0.29) is 25.0 Å². The molecule has 0 spiro atoms. The quantitative estimate of drug-likeness (QED) is 0.253. The first kappa shape index (κ1) is 19.1. The number of carbonyl (C=O) groups is 4. The highest BCUT2D eigenvalue weighted by atomic mass is 16.3. The van der Waals surface area contributed by atoms with Crippen LogP contribution in [0.1, 0.15) is 41.4 Å². The SMILES string of the molecule is CN1C(=O)c2ccc3c4ccc5c6c(ccc(c7ccc(c2c37)C1=O)c64)C(=O)N(CCO)C5=O. The minimum Gasteiger partial charge on any atom is -0.395 e. The van der Waals surface area contributed by atoms with Crippen molar-refractivity contribution in [1.82, 2.24) is 9.80 Å². The van der Waals surface area contributed by atoms with Crippen molar-refractivity contribution in [1.29, 1.82) is 0 Å². The molecule has 5 aromatic carbocycles. The number of nitrogens with zero attached hydrogens (tertiary/aromatic N) is 2. The zero-order chi connectivity index (χ0) is 23.5. The lowest BCUT2D eigenvalue weighted by atomic mass is 9.82. The molecule has 7 heteroatoms. The number of hydrogen-bond donors (Lipinski definition) is 1. The first-order valence-corrected chi connectivity index (χ1v) is 10.9. The molecule has 34 heavy (non-hydrogen) atoms. The van der Waals surface area contributed by atoms with Gasteiger partial charge in [-0.05, 0) is 56.6 Å². The van der Waals surface area contributed by atoms with E-state index >= 15 is 0 Å². The van der Waals surface area contributed by atoms with Gasteiger partial charge in [-0.1, -0.05) is 24.3 Å². The van der Waals surface area contributed by atoms with Crippen LogP contribution in [0.2, 0.25) is 0 Å². The summed E-state index contributed by atoms with van der Waals surface area (Å²) in [5.41, 5.74) is 1.81. The molecule has 4 amide bonds. The average Bonchev–Trinajstić information content (AvgIpc) is 2.86. The Balaban J connectivity index is 1.69. The van der Waals surface area contributed by atoms with E-state index in [1.54, 1.807) is 24.3 Å². The summed E-state index contributed by atoms with van der Waals surface area (Å²) < 4.78 is 0. The fourth-order valence-electron chi connectivity index (χ4n) is 5.74. The summed E-state index contributed by atoms with van der Waals surface area (Å²) in [5, 5.41) is 15.6. The summed E-state index contributed by atoms with van der Waals surface area (Å²) in [6, 6.07) is 14.4. The monoisotopic (exact) mass is 448 g/mol. The second-order valence-corrected chi connectivity index (χ2v) is 8.80. The van der Waals surface area contributed by atoms with Crippen LogP contribution in [-0.4, -0.2) is 58.7 Å². The first-order chi connectivity index (χ1) is 16.4. The van der Waals surface area contributed by atoms with Crippen molar-refractivity contribution < 1.29 is 24.3 Å². The Morgan fingerprint density at radius 2 is 0.912 bits per heavy atom. The number of benzene rings is 5. The molecule has 0 bridgehead atoms. The summed E-state index contributed by atoms with van der Waals surface area (Å²) in [7, 11) is 1.48. The summed E-state index contributed by atoms with van der Waals surface area (Å²) in [6.07, 6.45) is 0. The maximum Gasteiger partial charge on any atom is 0.261 e. The fraction of sp³-hybridized carbons (Fsp3) is 0.111. The molecule has 1 N–H and O–H groups in total. The van der Waals surface area contributed by atoms with Gasteiger partial charge in [-0.2, -0.15) is 0 Å². The average molecular weight is 448 g/mol. The number of rotatable bonds is 2. The third-order valence-corrected chi connectivity index (χ3v) is 7.25. The summed E-state index contributed by atoms with van der Waals surface area (Å²) >= 11 is 0. The van der Waals surface area contributed by atoms with Crippen molar-refractivity contribution in [3.8, 4) is 0 Å². The number of β-amino-alcohol motifs (C(OH)–C–C–N with tert-alkyl or cyclic N) is 1. The third kappa shape index (κ3) is 2.02.